The van der Waals surface area contributed by atoms with E-state index in [1.54, 1.807) is 4.90 Å². The van der Waals surface area contributed by atoms with Gasteiger partial charge in [0.2, 0.25) is 0 Å². The van der Waals surface area contributed by atoms with E-state index in [0.29, 0.717) is 12.5 Å². The van der Waals surface area contributed by atoms with Crippen molar-refractivity contribution in [3.63, 3.8) is 0 Å². The van der Waals surface area contributed by atoms with Gasteiger partial charge in [-0.1, -0.05) is 0 Å². The summed E-state index contributed by atoms with van der Waals surface area (Å²) in [6.45, 7) is 1.77. The van der Waals surface area contributed by atoms with Gasteiger partial charge in [-0.05, 0) is 44.7 Å². The van der Waals surface area contributed by atoms with Crippen molar-refractivity contribution in [3.05, 3.63) is 0 Å². The SMILES string of the molecule is FC(F)(F)CN(CC1CCCNC1)C1CC1. The van der Waals surface area contributed by atoms with Crippen molar-refractivity contribution in [1.82, 2.24) is 10.2 Å². The van der Waals surface area contributed by atoms with Crippen LogP contribution in [0.25, 0.3) is 0 Å². The third-order valence-corrected chi connectivity index (χ3v) is 3.34. The molecule has 2 aliphatic rings. The molecule has 2 rings (SSSR count). The number of hydrogen-bond donors (Lipinski definition) is 1. The van der Waals surface area contributed by atoms with Gasteiger partial charge in [-0.3, -0.25) is 4.90 Å². The topological polar surface area (TPSA) is 15.3 Å². The zero-order valence-corrected chi connectivity index (χ0v) is 9.39. The van der Waals surface area contributed by atoms with Crippen LogP contribution in [0.5, 0.6) is 0 Å². The van der Waals surface area contributed by atoms with Crippen molar-refractivity contribution in [3.8, 4) is 0 Å². The van der Waals surface area contributed by atoms with Crippen molar-refractivity contribution in [2.75, 3.05) is 26.2 Å². The van der Waals surface area contributed by atoms with E-state index in [1.165, 1.54) is 0 Å². The van der Waals surface area contributed by atoms with Gasteiger partial charge in [-0.25, -0.2) is 0 Å². The fourth-order valence-corrected chi connectivity index (χ4v) is 2.42. The van der Waals surface area contributed by atoms with E-state index in [9.17, 15) is 13.2 Å². The molecule has 1 N–H and O–H groups in total. The lowest BCUT2D eigenvalue weighted by atomic mass is 9.99. The molecular formula is C11H19F3N2. The summed E-state index contributed by atoms with van der Waals surface area (Å²) in [7, 11) is 0. The van der Waals surface area contributed by atoms with Crippen molar-refractivity contribution < 1.29 is 13.2 Å². The molecule has 1 unspecified atom stereocenters. The van der Waals surface area contributed by atoms with E-state index >= 15 is 0 Å². The summed E-state index contributed by atoms with van der Waals surface area (Å²) in [4.78, 5) is 1.64. The Bertz CT molecular complexity index is 220. The first-order valence-corrected chi connectivity index (χ1v) is 6.06. The molecule has 0 aromatic heterocycles. The Balaban J connectivity index is 1.82. The molecule has 5 heteroatoms. The maximum absolute atomic E-state index is 12.4. The van der Waals surface area contributed by atoms with E-state index < -0.39 is 12.7 Å². The molecule has 0 aromatic rings. The number of alkyl halides is 3. The maximum Gasteiger partial charge on any atom is 0.401 e. The quantitative estimate of drug-likeness (QED) is 0.803. The van der Waals surface area contributed by atoms with Crippen LogP contribution >= 0.6 is 0 Å². The second kappa shape index (κ2) is 4.92. The molecule has 0 aromatic carbocycles. The van der Waals surface area contributed by atoms with Gasteiger partial charge in [0.05, 0.1) is 6.54 Å². The van der Waals surface area contributed by atoms with Crippen LogP contribution in [-0.4, -0.2) is 43.3 Å². The summed E-state index contributed by atoms with van der Waals surface area (Å²) in [5, 5.41) is 3.25. The molecule has 0 spiro atoms. The van der Waals surface area contributed by atoms with Crippen LogP contribution in [0.15, 0.2) is 0 Å². The van der Waals surface area contributed by atoms with Gasteiger partial charge in [0.15, 0.2) is 0 Å². The Kier molecular flexibility index (Phi) is 3.74. The van der Waals surface area contributed by atoms with E-state index in [-0.39, 0.29) is 6.04 Å². The minimum absolute atomic E-state index is 0.198. The first-order chi connectivity index (χ1) is 7.54. The highest BCUT2D eigenvalue weighted by Crippen LogP contribution is 2.31. The summed E-state index contributed by atoms with van der Waals surface area (Å²) in [5.41, 5.74) is 0. The van der Waals surface area contributed by atoms with Crippen molar-refractivity contribution in [2.45, 2.75) is 37.9 Å². The number of nitrogens with zero attached hydrogens (tertiary/aromatic N) is 1. The highest BCUT2D eigenvalue weighted by molar-refractivity contribution is 4.87. The number of hydrogen-bond acceptors (Lipinski definition) is 2. The summed E-state index contributed by atoms with van der Waals surface area (Å²) in [6.07, 6.45) is -0.0135. The molecule has 0 amide bonds. The fourth-order valence-electron chi connectivity index (χ4n) is 2.42. The monoisotopic (exact) mass is 236 g/mol. The first kappa shape index (κ1) is 12.2. The number of rotatable bonds is 4. The number of nitrogens with one attached hydrogen (secondary N) is 1. The predicted octanol–water partition coefficient (Wildman–Crippen LogP) is 2.01. The Labute approximate surface area is 94.2 Å². The summed E-state index contributed by atoms with van der Waals surface area (Å²) < 4.78 is 37.2. The van der Waals surface area contributed by atoms with Crippen molar-refractivity contribution in [2.24, 2.45) is 5.92 Å². The molecule has 16 heavy (non-hydrogen) atoms. The van der Waals surface area contributed by atoms with Crippen LogP contribution in [0.2, 0.25) is 0 Å². The fraction of sp³-hybridized carbons (Fsp3) is 1.00. The molecule has 1 aliphatic heterocycles. The second-order valence-corrected chi connectivity index (χ2v) is 4.99. The van der Waals surface area contributed by atoms with E-state index in [4.69, 9.17) is 0 Å². The van der Waals surface area contributed by atoms with Crippen LogP contribution in [0, 0.1) is 5.92 Å². The van der Waals surface area contributed by atoms with Crippen LogP contribution in [0.3, 0.4) is 0 Å². The second-order valence-electron chi connectivity index (χ2n) is 4.99. The normalized spacial score (nSPS) is 27.4. The average molecular weight is 236 g/mol. The Morgan fingerprint density at radius 1 is 1.19 bits per heavy atom. The van der Waals surface area contributed by atoms with Crippen molar-refractivity contribution in [1.29, 1.82) is 0 Å². The molecule has 1 saturated heterocycles. The molecule has 0 bridgehead atoms. The lowest BCUT2D eigenvalue weighted by Gasteiger charge is -2.30. The summed E-state index contributed by atoms with van der Waals surface area (Å²) in [6, 6.07) is 0.198. The smallest absolute Gasteiger partial charge is 0.316 e. The molecule has 2 fully saturated rings. The molecule has 0 radical (unpaired) electrons. The standard InChI is InChI=1S/C11H19F3N2/c12-11(13,14)8-16(10-3-4-10)7-9-2-1-5-15-6-9/h9-10,15H,1-8H2. The lowest BCUT2D eigenvalue weighted by molar-refractivity contribution is -0.148. The van der Waals surface area contributed by atoms with Gasteiger partial charge in [-0.2, -0.15) is 13.2 Å². The van der Waals surface area contributed by atoms with Crippen molar-refractivity contribution >= 4 is 0 Å². The highest BCUT2D eigenvalue weighted by atomic mass is 19.4. The van der Waals surface area contributed by atoms with Crippen LogP contribution < -0.4 is 5.32 Å². The minimum Gasteiger partial charge on any atom is -0.316 e. The minimum atomic E-state index is -4.05. The van der Waals surface area contributed by atoms with E-state index in [0.717, 1.165) is 38.8 Å². The third kappa shape index (κ3) is 3.94. The number of piperidine rings is 1. The molecular weight excluding hydrogens is 217 g/mol. The Morgan fingerprint density at radius 2 is 1.94 bits per heavy atom. The van der Waals surface area contributed by atoms with Crippen LogP contribution in [-0.2, 0) is 0 Å². The molecule has 1 atom stereocenters. The summed E-state index contributed by atoms with van der Waals surface area (Å²) >= 11 is 0. The zero-order valence-electron chi connectivity index (χ0n) is 9.39. The zero-order chi connectivity index (χ0) is 11.6. The third-order valence-electron chi connectivity index (χ3n) is 3.34. The Hall–Kier alpha value is -0.290. The van der Waals surface area contributed by atoms with Crippen LogP contribution in [0.4, 0.5) is 13.2 Å². The number of halogens is 3. The molecule has 1 heterocycles. The maximum atomic E-state index is 12.4. The first-order valence-electron chi connectivity index (χ1n) is 6.06. The van der Waals surface area contributed by atoms with E-state index in [1.807, 2.05) is 0 Å². The predicted molar refractivity (Wildman–Crippen MR) is 56.2 cm³/mol. The van der Waals surface area contributed by atoms with Gasteiger partial charge >= 0.3 is 6.18 Å². The molecule has 94 valence electrons. The lowest BCUT2D eigenvalue weighted by Crippen LogP contribution is -2.43. The molecule has 1 saturated carbocycles. The van der Waals surface area contributed by atoms with Crippen LogP contribution in [0.1, 0.15) is 25.7 Å². The largest absolute Gasteiger partial charge is 0.401 e. The van der Waals surface area contributed by atoms with Gasteiger partial charge in [0, 0.05) is 12.6 Å². The van der Waals surface area contributed by atoms with Gasteiger partial charge < -0.3 is 5.32 Å². The molecule has 1 aliphatic carbocycles. The molecule has 2 nitrogen and oxygen atoms in total. The summed E-state index contributed by atoms with van der Waals surface area (Å²) in [5.74, 6) is 0.400. The average Bonchev–Trinajstić information content (AvgIpc) is 2.99. The van der Waals surface area contributed by atoms with E-state index in [2.05, 4.69) is 5.32 Å². The van der Waals surface area contributed by atoms with Gasteiger partial charge in [0.25, 0.3) is 0 Å². The van der Waals surface area contributed by atoms with Gasteiger partial charge in [0.1, 0.15) is 0 Å². The van der Waals surface area contributed by atoms with Gasteiger partial charge in [-0.15, -0.1) is 0 Å². The Morgan fingerprint density at radius 3 is 2.44 bits per heavy atom. The highest BCUT2D eigenvalue weighted by Gasteiger charge is 2.38.